The molecule has 3 nitrogen and oxygen atoms in total. The van der Waals surface area contributed by atoms with E-state index in [-0.39, 0.29) is 0 Å². The standard InChI is InChI=1S/C8H13NO2S2/c1-4-7-5(2)12-6(3)8(7)13(9,10)11/h4H2,1-3H3,(H2,9,10,11). The van der Waals surface area contributed by atoms with Gasteiger partial charge in [0.2, 0.25) is 10.0 Å². The first-order valence-electron chi connectivity index (χ1n) is 3.99. The van der Waals surface area contributed by atoms with Crippen LogP contribution < -0.4 is 5.14 Å². The van der Waals surface area contributed by atoms with E-state index in [0.717, 1.165) is 15.3 Å². The molecular formula is C8H13NO2S2. The summed E-state index contributed by atoms with van der Waals surface area (Å²) in [7, 11) is -3.55. The van der Waals surface area contributed by atoms with E-state index in [1.54, 1.807) is 6.92 Å². The molecule has 0 radical (unpaired) electrons. The van der Waals surface area contributed by atoms with E-state index in [2.05, 4.69) is 0 Å². The summed E-state index contributed by atoms with van der Waals surface area (Å²) in [6.45, 7) is 5.64. The fourth-order valence-electron chi connectivity index (χ4n) is 1.49. The van der Waals surface area contributed by atoms with E-state index in [9.17, 15) is 8.42 Å². The van der Waals surface area contributed by atoms with Gasteiger partial charge in [0.1, 0.15) is 0 Å². The minimum Gasteiger partial charge on any atom is -0.225 e. The van der Waals surface area contributed by atoms with Crippen molar-refractivity contribution in [1.82, 2.24) is 0 Å². The van der Waals surface area contributed by atoms with Gasteiger partial charge in [-0.2, -0.15) is 0 Å². The molecule has 0 aliphatic carbocycles. The van der Waals surface area contributed by atoms with Crippen LogP contribution >= 0.6 is 11.3 Å². The Morgan fingerprint density at radius 1 is 1.31 bits per heavy atom. The second-order valence-corrected chi connectivity index (χ2v) is 5.85. The third-order valence-corrected chi connectivity index (χ3v) is 4.28. The van der Waals surface area contributed by atoms with Crippen LogP contribution in [0.2, 0.25) is 0 Å². The van der Waals surface area contributed by atoms with Gasteiger partial charge in [0, 0.05) is 9.75 Å². The minimum absolute atomic E-state index is 0.331. The van der Waals surface area contributed by atoms with Crippen molar-refractivity contribution < 1.29 is 8.42 Å². The van der Waals surface area contributed by atoms with Crippen LogP contribution in [-0.2, 0) is 16.4 Å². The summed E-state index contributed by atoms with van der Waals surface area (Å²) in [4.78, 5) is 2.17. The van der Waals surface area contributed by atoms with Gasteiger partial charge in [-0.05, 0) is 25.8 Å². The van der Waals surface area contributed by atoms with Crippen molar-refractivity contribution in [3.63, 3.8) is 0 Å². The van der Waals surface area contributed by atoms with E-state index in [4.69, 9.17) is 5.14 Å². The maximum Gasteiger partial charge on any atom is 0.239 e. The second kappa shape index (κ2) is 3.40. The number of rotatable bonds is 2. The molecule has 0 atom stereocenters. The smallest absolute Gasteiger partial charge is 0.225 e. The third kappa shape index (κ3) is 1.92. The molecule has 0 unspecified atom stereocenters. The van der Waals surface area contributed by atoms with E-state index >= 15 is 0 Å². The summed E-state index contributed by atoms with van der Waals surface area (Å²) in [5, 5.41) is 5.13. The first kappa shape index (κ1) is 10.7. The zero-order chi connectivity index (χ0) is 10.2. The molecule has 1 aromatic heterocycles. The lowest BCUT2D eigenvalue weighted by Gasteiger charge is -2.00. The molecule has 0 aliphatic rings. The van der Waals surface area contributed by atoms with Crippen molar-refractivity contribution in [2.24, 2.45) is 5.14 Å². The largest absolute Gasteiger partial charge is 0.239 e. The first-order chi connectivity index (χ1) is 5.88. The van der Waals surface area contributed by atoms with Gasteiger partial charge in [0.25, 0.3) is 0 Å². The average Bonchev–Trinajstić information content (AvgIpc) is 2.23. The SMILES string of the molecule is CCc1c(C)sc(C)c1S(N)(=O)=O. The Morgan fingerprint density at radius 3 is 2.15 bits per heavy atom. The topological polar surface area (TPSA) is 60.2 Å². The highest BCUT2D eigenvalue weighted by atomic mass is 32.2. The van der Waals surface area contributed by atoms with Gasteiger partial charge in [0.05, 0.1) is 4.90 Å². The lowest BCUT2D eigenvalue weighted by atomic mass is 10.2. The number of nitrogens with two attached hydrogens (primary N) is 1. The van der Waals surface area contributed by atoms with Gasteiger partial charge >= 0.3 is 0 Å². The average molecular weight is 219 g/mol. The Morgan fingerprint density at radius 2 is 1.85 bits per heavy atom. The van der Waals surface area contributed by atoms with Crippen molar-refractivity contribution in [1.29, 1.82) is 0 Å². The number of aryl methyl sites for hydroxylation is 2. The van der Waals surface area contributed by atoms with Gasteiger partial charge < -0.3 is 0 Å². The highest BCUT2D eigenvalue weighted by molar-refractivity contribution is 7.89. The molecule has 13 heavy (non-hydrogen) atoms. The molecule has 0 bridgehead atoms. The molecule has 0 spiro atoms. The summed E-state index contributed by atoms with van der Waals surface area (Å²) in [6, 6.07) is 0. The monoisotopic (exact) mass is 219 g/mol. The molecule has 0 aliphatic heterocycles. The van der Waals surface area contributed by atoms with Crippen molar-refractivity contribution in [2.75, 3.05) is 0 Å². The van der Waals surface area contributed by atoms with Crippen LogP contribution in [0, 0.1) is 13.8 Å². The van der Waals surface area contributed by atoms with Crippen LogP contribution in [-0.4, -0.2) is 8.42 Å². The molecule has 5 heteroatoms. The summed E-state index contributed by atoms with van der Waals surface area (Å²) in [5.41, 5.74) is 0.866. The second-order valence-electron chi connectivity index (χ2n) is 2.92. The Labute approximate surface area is 82.6 Å². The molecule has 0 fully saturated rings. The van der Waals surface area contributed by atoms with Crippen molar-refractivity contribution in [3.05, 3.63) is 15.3 Å². The molecule has 2 N–H and O–H groups in total. The maximum atomic E-state index is 11.2. The van der Waals surface area contributed by atoms with Gasteiger partial charge in [-0.25, -0.2) is 13.6 Å². The Bertz CT molecular complexity index is 418. The number of thiophene rings is 1. The molecule has 0 amide bonds. The van der Waals surface area contributed by atoms with Crippen LogP contribution in [0.3, 0.4) is 0 Å². The Kier molecular flexibility index (Phi) is 2.79. The van der Waals surface area contributed by atoms with E-state index < -0.39 is 10.0 Å². The Balaban J connectivity index is 3.52. The van der Waals surface area contributed by atoms with Crippen LogP contribution in [0.15, 0.2) is 4.90 Å². The molecule has 0 saturated carbocycles. The van der Waals surface area contributed by atoms with Crippen molar-refractivity contribution >= 4 is 21.4 Å². The van der Waals surface area contributed by atoms with Gasteiger partial charge in [-0.1, -0.05) is 6.92 Å². The lowest BCUT2D eigenvalue weighted by Crippen LogP contribution is -2.14. The van der Waals surface area contributed by atoms with Gasteiger partial charge in [-0.15, -0.1) is 11.3 Å². The molecule has 1 heterocycles. The van der Waals surface area contributed by atoms with Crippen LogP contribution in [0.4, 0.5) is 0 Å². The molecule has 0 saturated heterocycles. The van der Waals surface area contributed by atoms with Crippen LogP contribution in [0.25, 0.3) is 0 Å². The summed E-state index contributed by atoms with van der Waals surface area (Å²) in [5.74, 6) is 0. The number of sulfonamides is 1. The fourth-order valence-corrected chi connectivity index (χ4v) is 4.12. The lowest BCUT2D eigenvalue weighted by molar-refractivity contribution is 0.596. The predicted octanol–water partition coefficient (Wildman–Crippen LogP) is 1.57. The molecule has 1 rings (SSSR count). The zero-order valence-corrected chi connectivity index (χ0v) is 9.55. The first-order valence-corrected chi connectivity index (χ1v) is 6.35. The van der Waals surface area contributed by atoms with E-state index in [1.165, 1.54) is 11.3 Å². The van der Waals surface area contributed by atoms with Crippen LogP contribution in [0.5, 0.6) is 0 Å². The minimum atomic E-state index is -3.55. The maximum absolute atomic E-state index is 11.2. The highest BCUT2D eigenvalue weighted by Gasteiger charge is 2.20. The molecule has 0 aromatic carbocycles. The Hall–Kier alpha value is -0.390. The van der Waals surface area contributed by atoms with Gasteiger partial charge in [0.15, 0.2) is 0 Å². The normalized spacial score (nSPS) is 12.0. The molecular weight excluding hydrogens is 206 g/mol. The van der Waals surface area contributed by atoms with Crippen LogP contribution in [0.1, 0.15) is 22.2 Å². The number of hydrogen-bond donors (Lipinski definition) is 1. The van der Waals surface area contributed by atoms with Crippen molar-refractivity contribution in [2.45, 2.75) is 32.1 Å². The summed E-state index contributed by atoms with van der Waals surface area (Å²) in [6.07, 6.45) is 0.710. The fraction of sp³-hybridized carbons (Fsp3) is 0.500. The zero-order valence-electron chi connectivity index (χ0n) is 7.92. The van der Waals surface area contributed by atoms with E-state index in [0.29, 0.717) is 11.3 Å². The quantitative estimate of drug-likeness (QED) is 0.820. The highest BCUT2D eigenvalue weighted by Crippen LogP contribution is 2.30. The third-order valence-electron chi connectivity index (χ3n) is 1.96. The molecule has 1 aromatic rings. The van der Waals surface area contributed by atoms with Crippen molar-refractivity contribution in [3.8, 4) is 0 Å². The predicted molar refractivity (Wildman–Crippen MR) is 54.5 cm³/mol. The summed E-state index contributed by atoms with van der Waals surface area (Å²) < 4.78 is 22.5. The van der Waals surface area contributed by atoms with E-state index in [1.807, 2.05) is 13.8 Å². The molecule has 74 valence electrons. The number of hydrogen-bond acceptors (Lipinski definition) is 3. The summed E-state index contributed by atoms with van der Waals surface area (Å²) >= 11 is 1.49. The van der Waals surface area contributed by atoms with Gasteiger partial charge in [-0.3, -0.25) is 0 Å². The number of primary sulfonamides is 1.